The van der Waals surface area contributed by atoms with Gasteiger partial charge in [0.05, 0.1) is 4.90 Å². The van der Waals surface area contributed by atoms with E-state index in [-0.39, 0.29) is 4.90 Å². The summed E-state index contributed by atoms with van der Waals surface area (Å²) in [6.07, 6.45) is 2.45. The quantitative estimate of drug-likeness (QED) is 0.529. The molecule has 7 heteroatoms. The van der Waals surface area contributed by atoms with Gasteiger partial charge in [-0.3, -0.25) is 0 Å². The summed E-state index contributed by atoms with van der Waals surface area (Å²) in [6.45, 7) is 6.49. The SMILES string of the molecule is C=CCNC(=S)Nc1ccc(S(=O)(=O)NCCC)cc1. The van der Waals surface area contributed by atoms with Crippen molar-refractivity contribution >= 4 is 33.0 Å². The fourth-order valence-corrected chi connectivity index (χ4v) is 2.71. The molecule has 3 N–H and O–H groups in total. The normalized spacial score (nSPS) is 10.8. The summed E-state index contributed by atoms with van der Waals surface area (Å²) >= 11 is 5.06. The van der Waals surface area contributed by atoms with Gasteiger partial charge >= 0.3 is 0 Å². The lowest BCUT2D eigenvalue weighted by atomic mass is 10.3. The summed E-state index contributed by atoms with van der Waals surface area (Å²) in [5.74, 6) is 0. The van der Waals surface area contributed by atoms with Crippen LogP contribution in [0.1, 0.15) is 13.3 Å². The van der Waals surface area contributed by atoms with Gasteiger partial charge in [-0.05, 0) is 42.9 Å². The van der Waals surface area contributed by atoms with Crippen LogP contribution in [0.15, 0.2) is 41.8 Å². The maximum atomic E-state index is 11.9. The average Bonchev–Trinajstić information content (AvgIpc) is 2.43. The highest BCUT2D eigenvalue weighted by molar-refractivity contribution is 7.89. The number of rotatable bonds is 7. The molecular formula is C13H19N3O2S2. The third-order valence-electron chi connectivity index (χ3n) is 2.37. The smallest absolute Gasteiger partial charge is 0.240 e. The highest BCUT2D eigenvalue weighted by Crippen LogP contribution is 2.13. The van der Waals surface area contributed by atoms with Crippen molar-refractivity contribution in [2.75, 3.05) is 18.4 Å². The van der Waals surface area contributed by atoms with Gasteiger partial charge in [-0.2, -0.15) is 0 Å². The van der Waals surface area contributed by atoms with Crippen LogP contribution in [0.25, 0.3) is 0 Å². The first-order valence-corrected chi connectivity index (χ1v) is 8.14. The fraction of sp³-hybridized carbons (Fsp3) is 0.308. The van der Waals surface area contributed by atoms with Crippen LogP contribution in [0.4, 0.5) is 5.69 Å². The number of hydrogen-bond donors (Lipinski definition) is 3. The molecule has 0 aliphatic rings. The molecule has 0 amide bonds. The maximum Gasteiger partial charge on any atom is 0.240 e. The van der Waals surface area contributed by atoms with E-state index in [0.29, 0.717) is 18.2 Å². The Bertz CT molecular complexity index is 553. The molecule has 0 fully saturated rings. The second kappa shape index (κ2) is 7.98. The molecule has 20 heavy (non-hydrogen) atoms. The lowest BCUT2D eigenvalue weighted by Gasteiger charge is -2.10. The van der Waals surface area contributed by atoms with Gasteiger partial charge in [-0.1, -0.05) is 13.0 Å². The third kappa shape index (κ3) is 5.28. The number of benzene rings is 1. The Labute approximate surface area is 125 Å². The average molecular weight is 313 g/mol. The van der Waals surface area contributed by atoms with E-state index in [2.05, 4.69) is 21.9 Å². The van der Waals surface area contributed by atoms with Gasteiger partial charge in [0.25, 0.3) is 0 Å². The maximum absolute atomic E-state index is 11.9. The van der Waals surface area contributed by atoms with E-state index in [1.807, 2.05) is 6.92 Å². The molecule has 0 heterocycles. The van der Waals surface area contributed by atoms with Crippen molar-refractivity contribution in [1.29, 1.82) is 0 Å². The number of hydrogen-bond acceptors (Lipinski definition) is 3. The molecule has 0 saturated carbocycles. The van der Waals surface area contributed by atoms with Crippen molar-refractivity contribution in [1.82, 2.24) is 10.0 Å². The van der Waals surface area contributed by atoms with Crippen LogP contribution in [0.5, 0.6) is 0 Å². The Morgan fingerprint density at radius 1 is 1.35 bits per heavy atom. The first kappa shape index (κ1) is 16.6. The molecule has 5 nitrogen and oxygen atoms in total. The minimum absolute atomic E-state index is 0.237. The number of anilines is 1. The minimum Gasteiger partial charge on any atom is -0.359 e. The zero-order valence-corrected chi connectivity index (χ0v) is 13.0. The monoisotopic (exact) mass is 313 g/mol. The van der Waals surface area contributed by atoms with Crippen LogP contribution < -0.4 is 15.4 Å². The fourth-order valence-electron chi connectivity index (χ4n) is 1.38. The largest absolute Gasteiger partial charge is 0.359 e. The predicted molar refractivity (Wildman–Crippen MR) is 86.3 cm³/mol. The van der Waals surface area contributed by atoms with Crippen molar-refractivity contribution in [2.45, 2.75) is 18.2 Å². The molecule has 0 atom stereocenters. The van der Waals surface area contributed by atoms with E-state index in [9.17, 15) is 8.42 Å². The summed E-state index contributed by atoms with van der Waals surface area (Å²) in [6, 6.07) is 6.41. The Balaban J connectivity index is 2.69. The molecule has 0 saturated heterocycles. The van der Waals surface area contributed by atoms with Gasteiger partial charge in [0, 0.05) is 18.8 Å². The second-order valence-electron chi connectivity index (χ2n) is 4.05. The zero-order chi connectivity index (χ0) is 15.0. The highest BCUT2D eigenvalue weighted by atomic mass is 32.2. The van der Waals surface area contributed by atoms with E-state index in [0.717, 1.165) is 12.1 Å². The molecule has 1 aromatic rings. The van der Waals surface area contributed by atoms with Crippen molar-refractivity contribution < 1.29 is 8.42 Å². The molecule has 0 unspecified atom stereocenters. The lowest BCUT2D eigenvalue weighted by Crippen LogP contribution is -2.28. The summed E-state index contributed by atoms with van der Waals surface area (Å²) in [5, 5.41) is 6.34. The summed E-state index contributed by atoms with van der Waals surface area (Å²) < 4.78 is 26.3. The van der Waals surface area contributed by atoms with E-state index in [1.165, 1.54) is 12.1 Å². The lowest BCUT2D eigenvalue weighted by molar-refractivity contribution is 0.581. The van der Waals surface area contributed by atoms with Crippen LogP contribution in [0.2, 0.25) is 0 Å². The van der Waals surface area contributed by atoms with Crippen LogP contribution in [0.3, 0.4) is 0 Å². The summed E-state index contributed by atoms with van der Waals surface area (Å²) in [4.78, 5) is 0.237. The molecule has 1 aromatic carbocycles. The zero-order valence-electron chi connectivity index (χ0n) is 11.3. The standard InChI is InChI=1S/C13H19N3O2S2/c1-3-9-14-13(19)16-11-5-7-12(8-6-11)20(17,18)15-10-4-2/h3,5-8,15H,1,4,9-10H2,2H3,(H2,14,16,19). The highest BCUT2D eigenvalue weighted by Gasteiger charge is 2.12. The van der Waals surface area contributed by atoms with Crippen LogP contribution in [-0.4, -0.2) is 26.6 Å². The summed E-state index contributed by atoms with van der Waals surface area (Å²) in [7, 11) is -3.42. The number of nitrogens with one attached hydrogen (secondary N) is 3. The molecule has 1 rings (SSSR count). The van der Waals surface area contributed by atoms with E-state index < -0.39 is 10.0 Å². The molecule has 0 aromatic heterocycles. The minimum atomic E-state index is -3.42. The molecule has 0 aliphatic carbocycles. The Hall–Kier alpha value is -1.44. The van der Waals surface area contributed by atoms with Crippen molar-refractivity contribution in [3.8, 4) is 0 Å². The molecule has 0 bridgehead atoms. The third-order valence-corrected chi connectivity index (χ3v) is 4.09. The van der Waals surface area contributed by atoms with E-state index in [4.69, 9.17) is 12.2 Å². The van der Waals surface area contributed by atoms with Gasteiger partial charge < -0.3 is 10.6 Å². The van der Waals surface area contributed by atoms with E-state index >= 15 is 0 Å². The predicted octanol–water partition coefficient (Wildman–Crippen LogP) is 1.85. The van der Waals surface area contributed by atoms with Gasteiger partial charge in [0.15, 0.2) is 5.11 Å². The van der Waals surface area contributed by atoms with Gasteiger partial charge in [0.2, 0.25) is 10.0 Å². The number of thiocarbonyl (C=S) groups is 1. The van der Waals surface area contributed by atoms with Gasteiger partial charge in [0.1, 0.15) is 0 Å². The Morgan fingerprint density at radius 3 is 2.55 bits per heavy atom. The van der Waals surface area contributed by atoms with Crippen molar-refractivity contribution in [3.63, 3.8) is 0 Å². The molecule has 0 spiro atoms. The molecule has 0 aliphatic heterocycles. The summed E-state index contributed by atoms with van der Waals surface area (Å²) in [5.41, 5.74) is 0.723. The number of sulfonamides is 1. The molecular weight excluding hydrogens is 294 g/mol. The molecule has 110 valence electrons. The van der Waals surface area contributed by atoms with Gasteiger partial charge in [-0.25, -0.2) is 13.1 Å². The van der Waals surface area contributed by atoms with Crippen molar-refractivity contribution in [3.05, 3.63) is 36.9 Å². The van der Waals surface area contributed by atoms with E-state index in [1.54, 1.807) is 18.2 Å². The van der Waals surface area contributed by atoms with Crippen LogP contribution >= 0.6 is 12.2 Å². The van der Waals surface area contributed by atoms with Crippen LogP contribution in [0, 0.1) is 0 Å². The topological polar surface area (TPSA) is 70.2 Å². The first-order valence-electron chi connectivity index (χ1n) is 6.25. The van der Waals surface area contributed by atoms with Crippen molar-refractivity contribution in [2.24, 2.45) is 0 Å². The first-order chi connectivity index (χ1) is 9.49. The Kier molecular flexibility index (Phi) is 6.63. The Morgan fingerprint density at radius 2 is 2.00 bits per heavy atom. The van der Waals surface area contributed by atoms with Gasteiger partial charge in [-0.15, -0.1) is 6.58 Å². The second-order valence-corrected chi connectivity index (χ2v) is 6.22. The molecule has 0 radical (unpaired) electrons. The van der Waals surface area contributed by atoms with Crippen LogP contribution in [-0.2, 0) is 10.0 Å².